The first kappa shape index (κ1) is 18.1. The summed E-state index contributed by atoms with van der Waals surface area (Å²) in [5, 5.41) is 3.79. The van der Waals surface area contributed by atoms with E-state index in [1.165, 1.54) is 24.1 Å². The van der Waals surface area contributed by atoms with Crippen LogP contribution in [0.1, 0.15) is 31.7 Å². The van der Waals surface area contributed by atoms with Crippen molar-refractivity contribution in [3.05, 3.63) is 28.8 Å². The lowest BCUT2D eigenvalue weighted by Crippen LogP contribution is -2.49. The zero-order chi connectivity index (χ0) is 16.7. The summed E-state index contributed by atoms with van der Waals surface area (Å²) in [6, 6.07) is 6.03. The molecule has 1 aliphatic rings. The molecule has 23 heavy (non-hydrogen) atoms. The molecule has 0 aliphatic carbocycles. The molecule has 4 nitrogen and oxygen atoms in total. The van der Waals surface area contributed by atoms with Gasteiger partial charge in [0.25, 0.3) is 0 Å². The van der Waals surface area contributed by atoms with Gasteiger partial charge in [-0.05, 0) is 31.0 Å². The van der Waals surface area contributed by atoms with Crippen LogP contribution in [0.5, 0.6) is 0 Å². The Morgan fingerprint density at radius 3 is 2.65 bits per heavy atom. The molecule has 1 aliphatic heterocycles. The van der Waals surface area contributed by atoms with E-state index in [1.807, 2.05) is 12.1 Å². The van der Waals surface area contributed by atoms with Gasteiger partial charge in [-0.25, -0.2) is 0 Å². The van der Waals surface area contributed by atoms with Gasteiger partial charge in [0.2, 0.25) is 5.91 Å². The van der Waals surface area contributed by atoms with Crippen LogP contribution in [0.2, 0.25) is 5.02 Å². The molecule has 128 valence electrons. The number of unbranched alkanes of at least 4 members (excludes halogenated alkanes) is 2. The van der Waals surface area contributed by atoms with E-state index in [1.54, 1.807) is 0 Å². The van der Waals surface area contributed by atoms with Gasteiger partial charge in [0.05, 0.1) is 6.54 Å². The van der Waals surface area contributed by atoms with E-state index in [0.717, 1.165) is 44.2 Å². The van der Waals surface area contributed by atoms with Crippen LogP contribution in [0, 0.1) is 6.92 Å². The van der Waals surface area contributed by atoms with Gasteiger partial charge in [-0.1, -0.05) is 37.4 Å². The summed E-state index contributed by atoms with van der Waals surface area (Å²) < 4.78 is 0. The smallest absolute Gasteiger partial charge is 0.234 e. The number of piperazine rings is 1. The quantitative estimate of drug-likeness (QED) is 0.777. The molecule has 0 spiro atoms. The van der Waals surface area contributed by atoms with Crippen molar-refractivity contribution in [1.82, 2.24) is 10.2 Å². The first-order valence-electron chi connectivity index (χ1n) is 8.60. The van der Waals surface area contributed by atoms with E-state index in [-0.39, 0.29) is 5.91 Å². The maximum Gasteiger partial charge on any atom is 0.234 e. The molecular weight excluding hydrogens is 310 g/mol. The summed E-state index contributed by atoms with van der Waals surface area (Å²) in [5.41, 5.74) is 2.46. The number of hydrogen-bond donors (Lipinski definition) is 1. The Kier molecular flexibility index (Phi) is 7.18. The van der Waals surface area contributed by atoms with E-state index in [4.69, 9.17) is 11.6 Å². The molecule has 1 aromatic rings. The minimum atomic E-state index is 0.147. The predicted molar refractivity (Wildman–Crippen MR) is 97.4 cm³/mol. The summed E-state index contributed by atoms with van der Waals surface area (Å²) in [6.07, 6.45) is 3.43. The number of nitrogens with zero attached hydrogens (tertiary/aromatic N) is 2. The second-order valence-corrected chi connectivity index (χ2v) is 6.69. The monoisotopic (exact) mass is 337 g/mol. The van der Waals surface area contributed by atoms with E-state index >= 15 is 0 Å². The number of hydrogen-bond acceptors (Lipinski definition) is 3. The highest BCUT2D eigenvalue weighted by Crippen LogP contribution is 2.25. The Morgan fingerprint density at radius 2 is 1.96 bits per heavy atom. The lowest BCUT2D eigenvalue weighted by Gasteiger charge is -2.36. The third-order valence-electron chi connectivity index (χ3n) is 4.35. The molecule has 1 aromatic carbocycles. The van der Waals surface area contributed by atoms with Crippen LogP contribution in [0.15, 0.2) is 18.2 Å². The third kappa shape index (κ3) is 5.70. The molecule has 1 amide bonds. The number of nitrogens with one attached hydrogen (secondary N) is 1. The lowest BCUT2D eigenvalue weighted by molar-refractivity contribution is -0.122. The van der Waals surface area contributed by atoms with Gasteiger partial charge in [0.1, 0.15) is 0 Å². The third-order valence-corrected chi connectivity index (χ3v) is 4.59. The number of carbonyl (C=O) groups is 1. The number of rotatable bonds is 7. The number of aryl methyl sites for hydroxylation is 1. The minimum absolute atomic E-state index is 0.147. The summed E-state index contributed by atoms with van der Waals surface area (Å²) in [5.74, 6) is 0.147. The summed E-state index contributed by atoms with van der Waals surface area (Å²) >= 11 is 6.11. The SMILES string of the molecule is CCCCCNC(=O)CN1CCN(c2cc(Cl)ccc2C)CC1. The van der Waals surface area contributed by atoms with Crippen molar-refractivity contribution in [3.63, 3.8) is 0 Å². The zero-order valence-corrected chi connectivity index (χ0v) is 15.0. The van der Waals surface area contributed by atoms with Crippen LogP contribution in [-0.4, -0.2) is 50.1 Å². The van der Waals surface area contributed by atoms with Crippen molar-refractivity contribution in [2.45, 2.75) is 33.1 Å². The molecular formula is C18H28ClN3O. The molecule has 5 heteroatoms. The average molecular weight is 338 g/mol. The van der Waals surface area contributed by atoms with Crippen LogP contribution >= 0.6 is 11.6 Å². The van der Waals surface area contributed by atoms with Gasteiger partial charge in [-0.2, -0.15) is 0 Å². The Hall–Kier alpha value is -1.26. The molecule has 1 saturated heterocycles. The Balaban J connectivity index is 1.75. The van der Waals surface area contributed by atoms with Gasteiger partial charge in [0.15, 0.2) is 0 Å². The number of carbonyl (C=O) groups excluding carboxylic acids is 1. The topological polar surface area (TPSA) is 35.6 Å². The van der Waals surface area contributed by atoms with Crippen LogP contribution < -0.4 is 10.2 Å². The summed E-state index contributed by atoms with van der Waals surface area (Å²) in [4.78, 5) is 16.5. The molecule has 2 rings (SSSR count). The maximum absolute atomic E-state index is 11.9. The number of halogens is 1. The van der Waals surface area contributed by atoms with E-state index < -0.39 is 0 Å². The van der Waals surface area contributed by atoms with Crippen molar-refractivity contribution in [2.75, 3.05) is 44.2 Å². The average Bonchev–Trinajstić information content (AvgIpc) is 2.55. The molecule has 1 N–H and O–H groups in total. The highest BCUT2D eigenvalue weighted by Gasteiger charge is 2.20. The van der Waals surface area contributed by atoms with Crippen LogP contribution in [0.4, 0.5) is 5.69 Å². The molecule has 0 saturated carbocycles. The van der Waals surface area contributed by atoms with Gasteiger partial charge in [-0.3, -0.25) is 9.69 Å². The van der Waals surface area contributed by atoms with Crippen molar-refractivity contribution in [1.29, 1.82) is 0 Å². The minimum Gasteiger partial charge on any atom is -0.369 e. The highest BCUT2D eigenvalue weighted by atomic mass is 35.5. The molecule has 0 bridgehead atoms. The maximum atomic E-state index is 11.9. The Labute approximate surface area is 144 Å². The van der Waals surface area contributed by atoms with Crippen molar-refractivity contribution >= 4 is 23.2 Å². The van der Waals surface area contributed by atoms with E-state index in [2.05, 4.69) is 35.0 Å². The first-order valence-corrected chi connectivity index (χ1v) is 8.98. The van der Waals surface area contributed by atoms with Gasteiger partial charge in [-0.15, -0.1) is 0 Å². The second kappa shape index (κ2) is 9.14. The van der Waals surface area contributed by atoms with Gasteiger partial charge >= 0.3 is 0 Å². The van der Waals surface area contributed by atoms with Crippen molar-refractivity contribution in [3.8, 4) is 0 Å². The first-order chi connectivity index (χ1) is 11.1. The lowest BCUT2D eigenvalue weighted by atomic mass is 10.1. The van der Waals surface area contributed by atoms with Gasteiger partial charge < -0.3 is 10.2 Å². The fourth-order valence-electron chi connectivity index (χ4n) is 2.93. The van der Waals surface area contributed by atoms with Crippen molar-refractivity contribution < 1.29 is 4.79 Å². The largest absolute Gasteiger partial charge is 0.369 e. The van der Waals surface area contributed by atoms with E-state index in [9.17, 15) is 4.79 Å². The summed E-state index contributed by atoms with van der Waals surface area (Å²) in [7, 11) is 0. The standard InChI is InChI=1S/C18H28ClN3O/c1-3-4-5-8-20-18(23)14-21-9-11-22(12-10-21)17-13-16(19)7-6-15(17)2/h6-7,13H,3-5,8-12,14H2,1-2H3,(H,20,23). The van der Waals surface area contributed by atoms with Crippen LogP contribution in [0.3, 0.4) is 0 Å². The predicted octanol–water partition coefficient (Wildman–Crippen LogP) is 3.08. The van der Waals surface area contributed by atoms with E-state index in [0.29, 0.717) is 6.54 Å². The van der Waals surface area contributed by atoms with Crippen molar-refractivity contribution in [2.24, 2.45) is 0 Å². The van der Waals surface area contributed by atoms with Crippen LogP contribution in [-0.2, 0) is 4.79 Å². The Bertz CT molecular complexity index is 513. The fraction of sp³-hybridized carbons (Fsp3) is 0.611. The van der Waals surface area contributed by atoms with Gasteiger partial charge in [0, 0.05) is 43.4 Å². The second-order valence-electron chi connectivity index (χ2n) is 6.25. The van der Waals surface area contributed by atoms with Crippen LogP contribution in [0.25, 0.3) is 0 Å². The zero-order valence-electron chi connectivity index (χ0n) is 14.3. The molecule has 0 aromatic heterocycles. The number of benzene rings is 1. The fourth-order valence-corrected chi connectivity index (χ4v) is 3.10. The molecule has 0 unspecified atom stereocenters. The number of amides is 1. The summed E-state index contributed by atoms with van der Waals surface area (Å²) in [6.45, 7) is 9.28. The molecule has 1 fully saturated rings. The highest BCUT2D eigenvalue weighted by molar-refractivity contribution is 6.30. The molecule has 0 atom stereocenters. The normalized spacial score (nSPS) is 15.7. The Morgan fingerprint density at radius 1 is 1.22 bits per heavy atom. The molecule has 1 heterocycles. The number of anilines is 1. The molecule has 0 radical (unpaired) electrons.